The number of carbonyl (C=O) groups excluding carboxylic acids is 3. The first-order chi connectivity index (χ1) is 17.9. The number of aliphatic hydroxyl groups is 1. The summed E-state index contributed by atoms with van der Waals surface area (Å²) in [5.41, 5.74) is 1.94. The second kappa shape index (κ2) is 10.9. The lowest BCUT2D eigenvalue weighted by atomic mass is 9.95. The maximum Gasteiger partial charge on any atom is 0.338 e. The van der Waals surface area contributed by atoms with Crippen molar-refractivity contribution in [3.8, 4) is 11.5 Å². The Balaban J connectivity index is 1.76. The van der Waals surface area contributed by atoms with Crippen LogP contribution in [0.1, 0.15) is 40.0 Å². The van der Waals surface area contributed by atoms with Crippen LogP contribution in [0, 0.1) is 0 Å². The van der Waals surface area contributed by atoms with Crippen LogP contribution in [-0.2, 0) is 20.9 Å². The zero-order valence-electron chi connectivity index (χ0n) is 20.6. The highest BCUT2D eigenvalue weighted by Gasteiger charge is 2.46. The number of methoxy groups -OCH3 is 2. The number of likely N-dealkylation sites (tertiary alicyclic amines) is 1. The molecule has 0 saturated carbocycles. The fourth-order valence-electron chi connectivity index (χ4n) is 4.23. The van der Waals surface area contributed by atoms with Gasteiger partial charge < -0.3 is 24.2 Å². The highest BCUT2D eigenvalue weighted by molar-refractivity contribution is 6.46. The minimum absolute atomic E-state index is 0.0495. The highest BCUT2D eigenvalue weighted by atomic mass is 16.5. The van der Waals surface area contributed by atoms with E-state index in [1.165, 1.54) is 19.1 Å². The number of rotatable bonds is 8. The molecule has 9 heteroatoms. The van der Waals surface area contributed by atoms with Crippen molar-refractivity contribution in [2.75, 3.05) is 20.8 Å². The lowest BCUT2D eigenvalue weighted by Crippen LogP contribution is -2.29. The molecule has 2 heterocycles. The van der Waals surface area contributed by atoms with Crippen molar-refractivity contribution in [1.29, 1.82) is 0 Å². The quantitative estimate of drug-likeness (QED) is 0.213. The van der Waals surface area contributed by atoms with E-state index < -0.39 is 23.7 Å². The Hall–Kier alpha value is -4.66. The van der Waals surface area contributed by atoms with Crippen molar-refractivity contribution in [2.45, 2.75) is 19.5 Å². The number of aliphatic hydroxyl groups excluding tert-OH is 1. The lowest BCUT2D eigenvalue weighted by Gasteiger charge is -2.25. The fourth-order valence-corrected chi connectivity index (χ4v) is 4.23. The molecule has 1 atom stereocenters. The van der Waals surface area contributed by atoms with Gasteiger partial charge in [0.25, 0.3) is 11.7 Å². The van der Waals surface area contributed by atoms with Crippen molar-refractivity contribution in [2.24, 2.45) is 0 Å². The lowest BCUT2D eigenvalue weighted by molar-refractivity contribution is -0.140. The normalized spacial score (nSPS) is 16.5. The van der Waals surface area contributed by atoms with Crippen LogP contribution in [0.25, 0.3) is 5.76 Å². The summed E-state index contributed by atoms with van der Waals surface area (Å²) in [6.45, 7) is 2.06. The standard InChI is InChI=1S/C28H26N2O7/c1-4-37-28(34)19-7-5-17(6-8-19)16-30-24(18-11-13-29-14-12-18)23(26(32)27(30)33)25(31)20-9-10-21(35-2)22(15-20)36-3/h5-15,24,31H,4,16H2,1-3H3/b25-23-. The maximum atomic E-state index is 13.3. The number of hydrogen-bond donors (Lipinski definition) is 1. The summed E-state index contributed by atoms with van der Waals surface area (Å²) in [7, 11) is 2.95. The Kier molecular flexibility index (Phi) is 7.52. The molecule has 1 aliphatic rings. The third-order valence-corrected chi connectivity index (χ3v) is 6.04. The summed E-state index contributed by atoms with van der Waals surface area (Å²) in [6.07, 6.45) is 3.11. The van der Waals surface area contributed by atoms with E-state index in [0.29, 0.717) is 33.8 Å². The van der Waals surface area contributed by atoms with Crippen LogP contribution in [0.3, 0.4) is 0 Å². The zero-order chi connectivity index (χ0) is 26.5. The molecule has 1 unspecified atom stereocenters. The smallest absolute Gasteiger partial charge is 0.338 e. The predicted molar refractivity (Wildman–Crippen MR) is 134 cm³/mol. The average Bonchev–Trinajstić information content (AvgIpc) is 3.18. The van der Waals surface area contributed by atoms with Crippen LogP contribution in [0.5, 0.6) is 11.5 Å². The van der Waals surface area contributed by atoms with Crippen molar-refractivity contribution >= 4 is 23.4 Å². The number of hydrogen-bond acceptors (Lipinski definition) is 8. The summed E-state index contributed by atoms with van der Waals surface area (Å²) in [5.74, 6) is -1.52. The Labute approximate surface area is 213 Å². The summed E-state index contributed by atoms with van der Waals surface area (Å²) in [5, 5.41) is 11.3. The van der Waals surface area contributed by atoms with Gasteiger partial charge in [0, 0.05) is 24.5 Å². The molecule has 0 aliphatic carbocycles. The van der Waals surface area contributed by atoms with Gasteiger partial charge >= 0.3 is 5.97 Å². The van der Waals surface area contributed by atoms with Crippen LogP contribution in [0.15, 0.2) is 72.6 Å². The van der Waals surface area contributed by atoms with E-state index >= 15 is 0 Å². The van der Waals surface area contributed by atoms with Gasteiger partial charge in [-0.15, -0.1) is 0 Å². The van der Waals surface area contributed by atoms with Crippen LogP contribution < -0.4 is 9.47 Å². The number of nitrogens with zero attached hydrogens (tertiary/aromatic N) is 2. The number of benzene rings is 2. The van der Waals surface area contributed by atoms with Gasteiger partial charge in [0.1, 0.15) is 5.76 Å². The molecule has 1 aliphatic heterocycles. The van der Waals surface area contributed by atoms with E-state index in [9.17, 15) is 19.5 Å². The number of esters is 1. The van der Waals surface area contributed by atoms with Gasteiger partial charge in [-0.1, -0.05) is 12.1 Å². The summed E-state index contributed by atoms with van der Waals surface area (Å²) >= 11 is 0. The molecule has 0 spiro atoms. The third-order valence-electron chi connectivity index (χ3n) is 6.04. The van der Waals surface area contributed by atoms with Crippen molar-refractivity contribution in [1.82, 2.24) is 9.88 Å². The Morgan fingerprint density at radius 2 is 1.59 bits per heavy atom. The number of amides is 1. The van der Waals surface area contributed by atoms with E-state index in [1.54, 1.807) is 73.9 Å². The molecule has 37 heavy (non-hydrogen) atoms. The second-order valence-electron chi connectivity index (χ2n) is 8.19. The molecular weight excluding hydrogens is 476 g/mol. The molecule has 3 aromatic rings. The van der Waals surface area contributed by atoms with E-state index in [-0.39, 0.29) is 24.5 Å². The summed E-state index contributed by atoms with van der Waals surface area (Å²) in [4.78, 5) is 43.9. The molecule has 1 fully saturated rings. The van der Waals surface area contributed by atoms with Crippen LogP contribution in [0.4, 0.5) is 0 Å². The van der Waals surface area contributed by atoms with E-state index in [0.717, 1.165) is 0 Å². The predicted octanol–water partition coefficient (Wildman–Crippen LogP) is 3.90. The highest BCUT2D eigenvalue weighted by Crippen LogP contribution is 2.41. The number of Topliss-reactive ketones (excluding diaryl/α,β-unsaturated/α-hetero) is 1. The van der Waals surface area contributed by atoms with Gasteiger partial charge in [0.05, 0.1) is 38.0 Å². The zero-order valence-corrected chi connectivity index (χ0v) is 20.6. The Morgan fingerprint density at radius 3 is 2.22 bits per heavy atom. The SMILES string of the molecule is CCOC(=O)c1ccc(CN2C(=O)C(=O)/C(=C(\O)c3ccc(OC)c(OC)c3)C2c2ccncc2)cc1. The van der Waals surface area contributed by atoms with Gasteiger partial charge in [0.15, 0.2) is 11.5 Å². The van der Waals surface area contributed by atoms with Crippen molar-refractivity contribution in [3.63, 3.8) is 0 Å². The molecule has 1 N–H and O–H groups in total. The average molecular weight is 503 g/mol. The van der Waals surface area contributed by atoms with Gasteiger partial charge in [-0.3, -0.25) is 14.6 Å². The third kappa shape index (κ3) is 5.02. The molecule has 2 aromatic carbocycles. The van der Waals surface area contributed by atoms with Crippen LogP contribution in [0.2, 0.25) is 0 Å². The number of aromatic nitrogens is 1. The number of ether oxygens (including phenoxy) is 3. The topological polar surface area (TPSA) is 115 Å². The van der Waals surface area contributed by atoms with Gasteiger partial charge in [-0.2, -0.15) is 0 Å². The molecule has 1 amide bonds. The first-order valence-electron chi connectivity index (χ1n) is 11.6. The second-order valence-corrected chi connectivity index (χ2v) is 8.19. The van der Waals surface area contributed by atoms with Crippen LogP contribution in [-0.4, -0.2) is 53.5 Å². The minimum Gasteiger partial charge on any atom is -0.507 e. The number of ketones is 1. The molecule has 0 bridgehead atoms. The number of pyridine rings is 1. The van der Waals surface area contributed by atoms with E-state index in [2.05, 4.69) is 4.98 Å². The molecule has 1 saturated heterocycles. The molecular formula is C28H26N2O7. The molecule has 0 radical (unpaired) electrons. The van der Waals surface area contributed by atoms with Crippen LogP contribution >= 0.6 is 0 Å². The molecule has 9 nitrogen and oxygen atoms in total. The van der Waals surface area contributed by atoms with Gasteiger partial charge in [-0.05, 0) is 60.5 Å². The van der Waals surface area contributed by atoms with Crippen molar-refractivity contribution in [3.05, 3.63) is 94.8 Å². The molecule has 190 valence electrons. The minimum atomic E-state index is -0.860. The first kappa shape index (κ1) is 25.4. The molecule has 4 rings (SSSR count). The first-order valence-corrected chi connectivity index (χ1v) is 11.6. The largest absolute Gasteiger partial charge is 0.507 e. The van der Waals surface area contributed by atoms with E-state index in [1.807, 2.05) is 0 Å². The van der Waals surface area contributed by atoms with Gasteiger partial charge in [0.2, 0.25) is 0 Å². The Bertz CT molecular complexity index is 1350. The summed E-state index contributed by atoms with van der Waals surface area (Å²) < 4.78 is 15.6. The Morgan fingerprint density at radius 1 is 0.946 bits per heavy atom. The summed E-state index contributed by atoms with van der Waals surface area (Å²) in [6, 6.07) is 13.9. The van der Waals surface area contributed by atoms with E-state index in [4.69, 9.17) is 14.2 Å². The fraction of sp³-hybridized carbons (Fsp3) is 0.214. The monoisotopic (exact) mass is 502 g/mol. The van der Waals surface area contributed by atoms with Gasteiger partial charge in [-0.25, -0.2) is 4.79 Å². The molecule has 1 aromatic heterocycles. The van der Waals surface area contributed by atoms with Crippen molar-refractivity contribution < 1.29 is 33.7 Å². The number of carbonyl (C=O) groups is 3. The maximum absolute atomic E-state index is 13.3.